The summed E-state index contributed by atoms with van der Waals surface area (Å²) >= 11 is 7.99. The lowest BCUT2D eigenvalue weighted by atomic mass is 9.87. The maximum Gasteiger partial charge on any atom is 0.273 e. The van der Waals surface area contributed by atoms with Gasteiger partial charge in [-0.1, -0.05) is 87.0 Å². The van der Waals surface area contributed by atoms with Crippen LogP contribution in [0.3, 0.4) is 0 Å². The van der Waals surface area contributed by atoms with Gasteiger partial charge in [0.25, 0.3) is 5.91 Å². The third-order valence-electron chi connectivity index (χ3n) is 8.49. The van der Waals surface area contributed by atoms with E-state index in [0.29, 0.717) is 25.3 Å². The fraction of sp³-hybridized carbons (Fsp3) is 0.333. The molecule has 6 rings (SSSR count). The number of H-pyrrole nitrogens is 1. The molecule has 0 spiro atoms. The van der Waals surface area contributed by atoms with E-state index in [-0.39, 0.29) is 11.3 Å². The van der Waals surface area contributed by atoms with Gasteiger partial charge in [-0.05, 0) is 46.7 Å². The first kappa shape index (κ1) is 30.4. The first-order valence-corrected chi connectivity index (χ1v) is 16.6. The zero-order valence-corrected chi connectivity index (χ0v) is 27.3. The quantitative estimate of drug-likeness (QED) is 0.182. The topological polar surface area (TPSA) is 55.5 Å². The lowest BCUT2D eigenvalue weighted by molar-refractivity contribution is 0.0741. The van der Waals surface area contributed by atoms with Gasteiger partial charge in [-0.15, -0.1) is 11.3 Å². The number of carbonyl (C=O) groups is 1. The maximum atomic E-state index is 13.4. The minimum atomic E-state index is 0.00872. The molecule has 2 aromatic heterocycles. The van der Waals surface area contributed by atoms with Crippen molar-refractivity contribution in [2.75, 3.05) is 37.6 Å². The number of hydrogen-bond acceptors (Lipinski definition) is 5. The molecule has 0 atom stereocenters. The molecule has 228 valence electrons. The summed E-state index contributed by atoms with van der Waals surface area (Å²) in [5.41, 5.74) is 6.80. The van der Waals surface area contributed by atoms with Gasteiger partial charge >= 0.3 is 0 Å². The minimum Gasteiger partial charge on any atom is -0.367 e. The van der Waals surface area contributed by atoms with Crippen LogP contribution in [0.4, 0.5) is 5.69 Å². The van der Waals surface area contributed by atoms with Crippen molar-refractivity contribution in [3.63, 3.8) is 0 Å². The van der Waals surface area contributed by atoms with Crippen molar-refractivity contribution in [2.45, 2.75) is 45.7 Å². The fourth-order valence-corrected chi connectivity index (χ4v) is 6.96. The van der Waals surface area contributed by atoms with Crippen molar-refractivity contribution in [3.8, 4) is 0 Å². The molecule has 3 heterocycles. The summed E-state index contributed by atoms with van der Waals surface area (Å²) in [5.74, 6) is 0.00872. The molecule has 5 aromatic rings. The van der Waals surface area contributed by atoms with Gasteiger partial charge in [0.2, 0.25) is 0 Å². The second kappa shape index (κ2) is 13.1. The largest absolute Gasteiger partial charge is 0.367 e. The summed E-state index contributed by atoms with van der Waals surface area (Å²) in [6.45, 7) is 11.9. The van der Waals surface area contributed by atoms with E-state index in [4.69, 9.17) is 16.6 Å². The van der Waals surface area contributed by atoms with Crippen molar-refractivity contribution in [1.82, 2.24) is 19.8 Å². The third kappa shape index (κ3) is 7.01. The summed E-state index contributed by atoms with van der Waals surface area (Å²) in [4.78, 5) is 28.3. The third-order valence-corrected chi connectivity index (χ3v) is 9.64. The van der Waals surface area contributed by atoms with E-state index in [1.54, 1.807) is 11.3 Å². The van der Waals surface area contributed by atoms with Gasteiger partial charge in [0.1, 0.15) is 10.7 Å². The molecule has 1 aliphatic rings. The monoisotopic (exact) mass is 625 g/mol. The van der Waals surface area contributed by atoms with E-state index in [2.05, 4.69) is 90.3 Å². The zero-order chi connectivity index (χ0) is 30.7. The Kier molecular flexibility index (Phi) is 9.08. The number of anilines is 1. The average molecular weight is 626 g/mol. The molecule has 0 unspecified atom stereocenters. The second-order valence-corrected chi connectivity index (χ2v) is 14.0. The van der Waals surface area contributed by atoms with Crippen LogP contribution in [0.2, 0.25) is 5.02 Å². The second-order valence-electron chi connectivity index (χ2n) is 12.6. The predicted octanol–water partition coefficient (Wildman–Crippen LogP) is 7.78. The van der Waals surface area contributed by atoms with Gasteiger partial charge in [0.05, 0.1) is 17.3 Å². The number of rotatable bonds is 9. The van der Waals surface area contributed by atoms with E-state index in [1.807, 2.05) is 34.5 Å². The van der Waals surface area contributed by atoms with Crippen LogP contribution in [-0.2, 0) is 24.9 Å². The van der Waals surface area contributed by atoms with Crippen LogP contribution >= 0.6 is 22.9 Å². The molecule has 1 fully saturated rings. The van der Waals surface area contributed by atoms with E-state index < -0.39 is 0 Å². The summed E-state index contributed by atoms with van der Waals surface area (Å²) in [7, 11) is 0. The number of aromatic nitrogens is 2. The maximum absolute atomic E-state index is 13.4. The molecule has 1 aliphatic heterocycles. The van der Waals surface area contributed by atoms with E-state index in [0.717, 1.165) is 48.3 Å². The highest BCUT2D eigenvalue weighted by Crippen LogP contribution is 2.27. The Morgan fingerprint density at radius 3 is 2.43 bits per heavy atom. The Bertz CT molecular complexity index is 1710. The number of aromatic amines is 1. The number of benzene rings is 3. The Morgan fingerprint density at radius 1 is 0.955 bits per heavy atom. The number of halogens is 1. The molecule has 6 nitrogen and oxygen atoms in total. The van der Waals surface area contributed by atoms with E-state index in [9.17, 15) is 4.79 Å². The van der Waals surface area contributed by atoms with Crippen molar-refractivity contribution in [1.29, 1.82) is 0 Å². The molecular formula is C36H40ClN5OS. The number of amides is 1. The molecule has 0 bridgehead atoms. The number of hydrogen-bond donors (Lipinski definition) is 1. The lowest BCUT2D eigenvalue weighted by Crippen LogP contribution is -2.49. The van der Waals surface area contributed by atoms with Gasteiger partial charge in [0, 0.05) is 61.7 Å². The van der Waals surface area contributed by atoms with Gasteiger partial charge in [-0.2, -0.15) is 0 Å². The normalized spacial score (nSPS) is 14.1. The van der Waals surface area contributed by atoms with Crippen LogP contribution in [-0.4, -0.2) is 58.4 Å². The van der Waals surface area contributed by atoms with Crippen molar-refractivity contribution in [2.24, 2.45) is 0 Å². The first-order valence-electron chi connectivity index (χ1n) is 15.3. The van der Waals surface area contributed by atoms with Crippen LogP contribution in [0.5, 0.6) is 0 Å². The fourth-order valence-electron chi connectivity index (χ4n) is 5.89. The number of nitrogens with one attached hydrogen (secondary N) is 1. The Labute approximate surface area is 269 Å². The highest BCUT2D eigenvalue weighted by atomic mass is 35.5. The van der Waals surface area contributed by atoms with Crippen LogP contribution in [0.25, 0.3) is 10.9 Å². The number of para-hydroxylation sites is 2. The summed E-state index contributed by atoms with van der Waals surface area (Å²) in [5, 5.41) is 4.91. The van der Waals surface area contributed by atoms with E-state index >= 15 is 0 Å². The highest BCUT2D eigenvalue weighted by Gasteiger charge is 2.25. The standard InChI is InChI=1S/C36H40ClN5OS/c1-36(2,3)28-14-12-26(13-15-28)23-40(17-16-27-22-38-31-10-6-4-8-29(27)31)24-34-39-32(25-44-34)35(43)42-20-18-41(19-21-42)33-11-7-5-9-30(33)37/h4-15,22,25,38H,16-21,23-24H2,1-3H3. The van der Waals surface area contributed by atoms with E-state index in [1.165, 1.54) is 27.6 Å². The molecule has 1 saturated heterocycles. The van der Waals surface area contributed by atoms with Gasteiger partial charge in [-0.3, -0.25) is 9.69 Å². The van der Waals surface area contributed by atoms with Crippen LogP contribution in [0.15, 0.2) is 84.4 Å². The molecule has 0 radical (unpaired) electrons. The minimum absolute atomic E-state index is 0.00872. The lowest BCUT2D eigenvalue weighted by Gasteiger charge is -2.36. The molecule has 3 aromatic carbocycles. The number of fused-ring (bicyclic) bond motifs is 1. The SMILES string of the molecule is CC(C)(C)c1ccc(CN(CCc2c[nH]c3ccccc23)Cc2nc(C(=O)N3CCN(c4ccccc4Cl)CC3)cs2)cc1. The van der Waals surface area contributed by atoms with Crippen LogP contribution in [0.1, 0.15) is 53.0 Å². The molecular weight excluding hydrogens is 586 g/mol. The zero-order valence-electron chi connectivity index (χ0n) is 25.7. The van der Waals surface area contributed by atoms with Gasteiger partial charge < -0.3 is 14.8 Å². The van der Waals surface area contributed by atoms with Crippen molar-refractivity contribution >= 4 is 45.4 Å². The summed E-state index contributed by atoms with van der Waals surface area (Å²) in [6.07, 6.45) is 3.06. The number of nitrogens with zero attached hydrogens (tertiary/aromatic N) is 4. The number of thiazole rings is 1. The van der Waals surface area contributed by atoms with Crippen molar-refractivity contribution in [3.05, 3.63) is 117 Å². The molecule has 1 amide bonds. The molecule has 0 saturated carbocycles. The Hall–Kier alpha value is -3.65. The predicted molar refractivity (Wildman–Crippen MR) is 183 cm³/mol. The molecule has 0 aliphatic carbocycles. The van der Waals surface area contributed by atoms with Crippen molar-refractivity contribution < 1.29 is 4.79 Å². The summed E-state index contributed by atoms with van der Waals surface area (Å²) < 4.78 is 0. The molecule has 8 heteroatoms. The van der Waals surface area contributed by atoms with Gasteiger partial charge in [-0.25, -0.2) is 4.98 Å². The molecule has 44 heavy (non-hydrogen) atoms. The summed E-state index contributed by atoms with van der Waals surface area (Å²) in [6, 6.07) is 25.4. The van der Waals surface area contributed by atoms with Gasteiger partial charge in [0.15, 0.2) is 0 Å². The first-order chi connectivity index (χ1) is 21.2. The average Bonchev–Trinajstić information content (AvgIpc) is 3.67. The smallest absolute Gasteiger partial charge is 0.273 e. The number of carbonyl (C=O) groups excluding carboxylic acids is 1. The Balaban J connectivity index is 1.13. The van der Waals surface area contributed by atoms with Crippen LogP contribution < -0.4 is 4.90 Å². The molecule has 1 N–H and O–H groups in total. The highest BCUT2D eigenvalue weighted by molar-refractivity contribution is 7.09. The Morgan fingerprint density at radius 2 is 1.68 bits per heavy atom. The van der Waals surface area contributed by atoms with Crippen LogP contribution in [0, 0.1) is 0 Å². The number of piperazine rings is 1.